The van der Waals surface area contributed by atoms with E-state index in [-0.39, 0.29) is 11.8 Å². The predicted molar refractivity (Wildman–Crippen MR) is 128 cm³/mol. The smallest absolute Gasteiger partial charge is 0.267 e. The standard InChI is InChI=1S/C24H21N3O3S2/c1-2-30-18-10-9-15-6-3-4-7-16(15)21(18)23(29)27-12-11-17-20(14-27)32-24(25-17)26-22(28)19-8-5-13-31-19/h3-10,13H,2,11-12,14H2,1H3,(H,25,26,28). The Bertz CT molecular complexity index is 1300. The average molecular weight is 464 g/mol. The molecule has 0 atom stereocenters. The number of nitrogens with zero attached hydrogens (tertiary/aromatic N) is 2. The van der Waals surface area contributed by atoms with Gasteiger partial charge in [0.15, 0.2) is 5.13 Å². The summed E-state index contributed by atoms with van der Waals surface area (Å²) in [6.45, 7) is 3.45. The van der Waals surface area contributed by atoms with Crippen molar-refractivity contribution in [2.45, 2.75) is 19.9 Å². The number of fused-ring (bicyclic) bond motifs is 2. The number of thiazole rings is 1. The van der Waals surface area contributed by atoms with Crippen molar-refractivity contribution in [1.29, 1.82) is 0 Å². The van der Waals surface area contributed by atoms with Gasteiger partial charge < -0.3 is 9.64 Å². The number of nitrogens with one attached hydrogen (secondary N) is 1. The molecule has 0 bridgehead atoms. The van der Waals surface area contributed by atoms with Crippen LogP contribution in [0.4, 0.5) is 5.13 Å². The highest BCUT2D eigenvalue weighted by atomic mass is 32.1. The zero-order chi connectivity index (χ0) is 22.1. The third-order valence-electron chi connectivity index (χ3n) is 5.39. The van der Waals surface area contributed by atoms with Gasteiger partial charge in [-0.05, 0) is 35.2 Å². The molecule has 2 aromatic heterocycles. The number of carbonyl (C=O) groups excluding carboxylic acids is 2. The number of aromatic nitrogens is 1. The van der Waals surface area contributed by atoms with Gasteiger partial charge in [0, 0.05) is 17.8 Å². The quantitative estimate of drug-likeness (QED) is 0.441. The number of ether oxygens (including phenoxy) is 1. The van der Waals surface area contributed by atoms with Crippen molar-refractivity contribution in [3.05, 3.63) is 74.9 Å². The molecule has 1 aliphatic heterocycles. The topological polar surface area (TPSA) is 71.5 Å². The molecule has 2 amide bonds. The van der Waals surface area contributed by atoms with E-state index in [0.29, 0.717) is 47.4 Å². The van der Waals surface area contributed by atoms with Crippen LogP contribution in [0.15, 0.2) is 53.9 Å². The van der Waals surface area contributed by atoms with Crippen LogP contribution in [-0.2, 0) is 13.0 Å². The molecule has 0 fully saturated rings. The molecule has 0 unspecified atom stereocenters. The molecule has 6 nitrogen and oxygen atoms in total. The fourth-order valence-electron chi connectivity index (χ4n) is 3.89. The normalized spacial score (nSPS) is 13.1. The average Bonchev–Trinajstić information content (AvgIpc) is 3.48. The van der Waals surface area contributed by atoms with Crippen LogP contribution in [0.1, 0.15) is 37.5 Å². The van der Waals surface area contributed by atoms with Crippen LogP contribution in [0.2, 0.25) is 0 Å². The first-order valence-corrected chi connectivity index (χ1v) is 12.1. The van der Waals surface area contributed by atoms with E-state index in [4.69, 9.17) is 4.74 Å². The Labute approximate surface area is 193 Å². The number of anilines is 1. The second-order valence-corrected chi connectivity index (χ2v) is 9.42. The Morgan fingerprint density at radius 2 is 2.03 bits per heavy atom. The molecular weight excluding hydrogens is 442 g/mol. The highest BCUT2D eigenvalue weighted by Crippen LogP contribution is 2.33. The molecule has 1 aliphatic rings. The lowest BCUT2D eigenvalue weighted by molar-refractivity contribution is 0.0734. The third-order valence-corrected chi connectivity index (χ3v) is 7.25. The van der Waals surface area contributed by atoms with Gasteiger partial charge >= 0.3 is 0 Å². The molecule has 5 rings (SSSR count). The Kier molecular flexibility index (Phi) is 5.63. The van der Waals surface area contributed by atoms with Crippen LogP contribution in [-0.4, -0.2) is 34.8 Å². The number of thiophene rings is 1. The third kappa shape index (κ3) is 3.87. The van der Waals surface area contributed by atoms with E-state index in [0.717, 1.165) is 21.3 Å². The molecule has 32 heavy (non-hydrogen) atoms. The van der Waals surface area contributed by atoms with Crippen LogP contribution in [0.3, 0.4) is 0 Å². The van der Waals surface area contributed by atoms with Crippen LogP contribution in [0.5, 0.6) is 5.75 Å². The lowest BCUT2D eigenvalue weighted by Gasteiger charge is -2.27. The Balaban J connectivity index is 1.40. The van der Waals surface area contributed by atoms with Gasteiger partial charge in [-0.3, -0.25) is 14.9 Å². The first-order chi connectivity index (χ1) is 15.6. The molecule has 3 heterocycles. The van der Waals surface area contributed by atoms with Gasteiger partial charge in [0.25, 0.3) is 11.8 Å². The van der Waals surface area contributed by atoms with Gasteiger partial charge in [-0.25, -0.2) is 4.98 Å². The van der Waals surface area contributed by atoms with E-state index < -0.39 is 0 Å². The SMILES string of the molecule is CCOc1ccc2ccccc2c1C(=O)N1CCc2nc(NC(=O)c3cccs3)sc2C1. The summed E-state index contributed by atoms with van der Waals surface area (Å²) in [5.74, 6) is 0.403. The molecule has 8 heteroatoms. The number of hydrogen-bond donors (Lipinski definition) is 1. The van der Waals surface area contributed by atoms with E-state index in [1.54, 1.807) is 6.07 Å². The zero-order valence-corrected chi connectivity index (χ0v) is 19.1. The number of rotatable bonds is 5. The monoisotopic (exact) mass is 463 g/mol. The van der Waals surface area contributed by atoms with Crippen molar-refractivity contribution < 1.29 is 14.3 Å². The molecule has 4 aromatic rings. The van der Waals surface area contributed by atoms with Crippen LogP contribution in [0.25, 0.3) is 10.8 Å². The van der Waals surface area contributed by atoms with Gasteiger partial charge in [0.1, 0.15) is 5.75 Å². The second-order valence-electron chi connectivity index (χ2n) is 7.39. The molecule has 0 saturated carbocycles. The first-order valence-electron chi connectivity index (χ1n) is 10.4. The summed E-state index contributed by atoms with van der Waals surface area (Å²) in [6.07, 6.45) is 0.654. The van der Waals surface area contributed by atoms with Crippen molar-refractivity contribution in [3.63, 3.8) is 0 Å². The lowest BCUT2D eigenvalue weighted by Crippen LogP contribution is -2.35. The van der Waals surface area contributed by atoms with Crippen molar-refractivity contribution in [3.8, 4) is 5.75 Å². The van der Waals surface area contributed by atoms with Gasteiger partial charge in [-0.1, -0.05) is 47.7 Å². The first kappa shape index (κ1) is 20.7. The summed E-state index contributed by atoms with van der Waals surface area (Å²) >= 11 is 2.83. The van der Waals surface area contributed by atoms with E-state index >= 15 is 0 Å². The largest absolute Gasteiger partial charge is 0.493 e. The molecule has 0 spiro atoms. The highest BCUT2D eigenvalue weighted by molar-refractivity contribution is 7.16. The predicted octanol–water partition coefficient (Wildman–Crippen LogP) is 5.21. The van der Waals surface area contributed by atoms with Crippen LogP contribution < -0.4 is 10.1 Å². The van der Waals surface area contributed by atoms with E-state index in [1.807, 2.05) is 59.7 Å². The number of amides is 2. The maximum absolute atomic E-state index is 13.6. The van der Waals surface area contributed by atoms with Crippen LogP contribution >= 0.6 is 22.7 Å². The molecule has 1 N–H and O–H groups in total. The molecule has 0 aliphatic carbocycles. The van der Waals surface area contributed by atoms with Crippen molar-refractivity contribution in [1.82, 2.24) is 9.88 Å². The molecule has 0 radical (unpaired) electrons. The van der Waals surface area contributed by atoms with E-state index in [1.165, 1.54) is 22.7 Å². The summed E-state index contributed by atoms with van der Waals surface area (Å²) in [6, 6.07) is 15.4. The van der Waals surface area contributed by atoms with Gasteiger partial charge in [-0.15, -0.1) is 11.3 Å². The van der Waals surface area contributed by atoms with Gasteiger partial charge in [-0.2, -0.15) is 0 Å². The minimum atomic E-state index is -0.156. The van der Waals surface area contributed by atoms with Crippen molar-refractivity contribution in [2.24, 2.45) is 0 Å². The Hall–Kier alpha value is -3.23. The highest BCUT2D eigenvalue weighted by Gasteiger charge is 2.28. The summed E-state index contributed by atoms with van der Waals surface area (Å²) in [4.78, 5) is 34.1. The molecular formula is C24H21N3O3S2. The Morgan fingerprint density at radius 1 is 1.16 bits per heavy atom. The molecule has 2 aromatic carbocycles. The number of carbonyl (C=O) groups is 2. The van der Waals surface area contributed by atoms with E-state index in [2.05, 4.69) is 10.3 Å². The minimum Gasteiger partial charge on any atom is -0.493 e. The van der Waals surface area contributed by atoms with Crippen molar-refractivity contribution >= 4 is 50.4 Å². The second kappa shape index (κ2) is 8.72. The summed E-state index contributed by atoms with van der Waals surface area (Å²) in [5, 5.41) is 7.22. The molecule has 0 saturated heterocycles. The van der Waals surface area contributed by atoms with Gasteiger partial charge in [0.05, 0.1) is 29.3 Å². The number of benzene rings is 2. The Morgan fingerprint density at radius 3 is 2.84 bits per heavy atom. The van der Waals surface area contributed by atoms with Gasteiger partial charge in [0.2, 0.25) is 0 Å². The van der Waals surface area contributed by atoms with Crippen LogP contribution in [0, 0.1) is 0 Å². The fraction of sp³-hybridized carbons (Fsp3) is 0.208. The van der Waals surface area contributed by atoms with E-state index in [9.17, 15) is 9.59 Å². The zero-order valence-electron chi connectivity index (χ0n) is 17.5. The fourth-order valence-corrected chi connectivity index (χ4v) is 5.53. The minimum absolute atomic E-state index is 0.0477. The maximum atomic E-state index is 13.6. The summed E-state index contributed by atoms with van der Waals surface area (Å²) < 4.78 is 5.81. The van der Waals surface area contributed by atoms with Crippen molar-refractivity contribution in [2.75, 3.05) is 18.5 Å². The summed E-state index contributed by atoms with van der Waals surface area (Å²) in [5.41, 5.74) is 1.55. The lowest BCUT2D eigenvalue weighted by atomic mass is 10.0. The number of hydrogen-bond acceptors (Lipinski definition) is 6. The summed E-state index contributed by atoms with van der Waals surface area (Å²) in [7, 11) is 0. The molecule has 162 valence electrons. The maximum Gasteiger partial charge on any atom is 0.267 e.